The summed E-state index contributed by atoms with van der Waals surface area (Å²) >= 11 is 5.95. The highest BCUT2D eigenvalue weighted by Gasteiger charge is 2.39. The SMILES string of the molecule is C#CCN(C(=O)O)C1(C)CCC(Nc2cc(NC3CC3)c3ncc(C(=O)Nc4ccnc(Cl)c4)n3n2)CC1. The summed E-state index contributed by atoms with van der Waals surface area (Å²) in [6.07, 6.45) is 12.4. The molecule has 3 aromatic rings. The van der Waals surface area contributed by atoms with Crippen molar-refractivity contribution in [3.05, 3.63) is 41.4 Å². The van der Waals surface area contributed by atoms with Gasteiger partial charge in [-0.1, -0.05) is 17.5 Å². The molecule has 5 rings (SSSR count). The summed E-state index contributed by atoms with van der Waals surface area (Å²) in [5, 5.41) is 24.4. The number of fused-ring (bicyclic) bond motifs is 1. The van der Waals surface area contributed by atoms with E-state index in [-0.39, 0.29) is 29.3 Å². The van der Waals surface area contributed by atoms with Crippen LogP contribution in [0.4, 0.5) is 22.0 Å². The summed E-state index contributed by atoms with van der Waals surface area (Å²) in [5.74, 6) is 2.68. The molecule has 198 valence electrons. The molecule has 12 heteroatoms. The Hall–Kier alpha value is -4.04. The van der Waals surface area contributed by atoms with Crippen LogP contribution in [0, 0.1) is 12.3 Å². The second kappa shape index (κ2) is 10.4. The van der Waals surface area contributed by atoms with Crippen molar-refractivity contribution in [2.24, 2.45) is 0 Å². The summed E-state index contributed by atoms with van der Waals surface area (Å²) in [6.45, 7) is 2.01. The number of carbonyl (C=O) groups excluding carboxylic acids is 1. The maximum atomic E-state index is 13.1. The number of halogens is 1. The maximum Gasteiger partial charge on any atom is 0.408 e. The molecule has 0 unspecified atom stereocenters. The molecular weight excluding hydrogens is 508 g/mol. The van der Waals surface area contributed by atoms with E-state index in [1.807, 2.05) is 13.0 Å². The van der Waals surface area contributed by atoms with E-state index in [4.69, 9.17) is 23.1 Å². The predicted molar refractivity (Wildman–Crippen MR) is 145 cm³/mol. The van der Waals surface area contributed by atoms with Gasteiger partial charge in [-0.25, -0.2) is 19.3 Å². The molecule has 2 saturated carbocycles. The van der Waals surface area contributed by atoms with E-state index in [9.17, 15) is 14.7 Å². The molecule has 0 saturated heterocycles. The van der Waals surface area contributed by atoms with Gasteiger partial charge in [0, 0.05) is 35.6 Å². The van der Waals surface area contributed by atoms with Gasteiger partial charge in [0.15, 0.2) is 11.3 Å². The lowest BCUT2D eigenvalue weighted by Gasteiger charge is -2.43. The number of nitrogens with zero attached hydrogens (tertiary/aromatic N) is 5. The first kappa shape index (κ1) is 25.6. The van der Waals surface area contributed by atoms with E-state index >= 15 is 0 Å². The average molecular weight is 537 g/mol. The third-order valence-electron chi connectivity index (χ3n) is 7.17. The smallest absolute Gasteiger partial charge is 0.408 e. The number of carboxylic acid groups (broad SMARTS) is 1. The highest BCUT2D eigenvalue weighted by molar-refractivity contribution is 6.29. The summed E-state index contributed by atoms with van der Waals surface area (Å²) in [7, 11) is 0. The number of amides is 2. The van der Waals surface area contributed by atoms with Crippen LogP contribution in [0.3, 0.4) is 0 Å². The second-order valence-corrected chi connectivity index (χ2v) is 10.4. The van der Waals surface area contributed by atoms with Gasteiger partial charge in [0.2, 0.25) is 0 Å². The molecule has 2 fully saturated rings. The summed E-state index contributed by atoms with van der Waals surface area (Å²) < 4.78 is 1.54. The van der Waals surface area contributed by atoms with E-state index in [2.05, 4.69) is 31.8 Å². The Morgan fingerprint density at radius 3 is 2.61 bits per heavy atom. The number of carbonyl (C=O) groups is 2. The van der Waals surface area contributed by atoms with Gasteiger partial charge in [0.1, 0.15) is 11.0 Å². The molecule has 11 nitrogen and oxygen atoms in total. The minimum atomic E-state index is -1.00. The molecule has 38 heavy (non-hydrogen) atoms. The topological polar surface area (TPSA) is 137 Å². The third-order valence-corrected chi connectivity index (χ3v) is 7.38. The zero-order chi connectivity index (χ0) is 26.9. The summed E-state index contributed by atoms with van der Waals surface area (Å²) in [4.78, 5) is 34.6. The van der Waals surface area contributed by atoms with E-state index in [1.165, 1.54) is 21.8 Å². The van der Waals surface area contributed by atoms with Gasteiger partial charge in [-0.3, -0.25) is 9.69 Å². The molecule has 3 heterocycles. The lowest BCUT2D eigenvalue weighted by molar-refractivity contribution is 0.0679. The van der Waals surface area contributed by atoms with Gasteiger partial charge >= 0.3 is 6.09 Å². The third kappa shape index (κ3) is 5.45. The van der Waals surface area contributed by atoms with Crippen LogP contribution >= 0.6 is 11.6 Å². The highest BCUT2D eigenvalue weighted by Crippen LogP contribution is 2.35. The standard InChI is InChI=1S/C26H29ClN8O3/c1-3-12-34(25(37)38)26(2)9-6-17(7-10-26)31-22-14-19(30-16-4-5-16)23-29-15-20(35(23)33-22)24(36)32-18-8-11-28-21(27)13-18/h1,8,11,13-17,30H,4-7,9-10,12H2,2H3,(H,31,33)(H,37,38)(H,28,32,36). The van der Waals surface area contributed by atoms with Gasteiger partial charge in [-0.15, -0.1) is 11.5 Å². The van der Waals surface area contributed by atoms with Crippen molar-refractivity contribution >= 4 is 46.4 Å². The van der Waals surface area contributed by atoms with Crippen LogP contribution in [0.25, 0.3) is 5.65 Å². The largest absolute Gasteiger partial charge is 0.465 e. The van der Waals surface area contributed by atoms with E-state index in [0.29, 0.717) is 36.0 Å². The van der Waals surface area contributed by atoms with Crippen molar-refractivity contribution in [3.63, 3.8) is 0 Å². The number of rotatable bonds is 8. The Morgan fingerprint density at radius 1 is 1.21 bits per heavy atom. The Morgan fingerprint density at radius 2 is 1.95 bits per heavy atom. The van der Waals surface area contributed by atoms with Crippen LogP contribution in [0.1, 0.15) is 55.9 Å². The molecule has 0 bridgehead atoms. The molecule has 2 aliphatic carbocycles. The lowest BCUT2D eigenvalue weighted by atomic mass is 9.79. The van der Waals surface area contributed by atoms with Gasteiger partial charge in [-0.2, -0.15) is 0 Å². The Labute approximate surface area is 225 Å². The minimum Gasteiger partial charge on any atom is -0.465 e. The number of aromatic nitrogens is 4. The molecule has 0 aromatic carbocycles. The summed E-state index contributed by atoms with van der Waals surface area (Å²) in [6, 6.07) is 5.59. The van der Waals surface area contributed by atoms with Crippen molar-refractivity contribution in [1.29, 1.82) is 0 Å². The number of terminal acetylenes is 1. The van der Waals surface area contributed by atoms with Crippen LogP contribution in [-0.2, 0) is 0 Å². The molecule has 3 aromatic heterocycles. The van der Waals surface area contributed by atoms with Crippen molar-refractivity contribution in [2.45, 2.75) is 63.1 Å². The van der Waals surface area contributed by atoms with E-state index in [1.54, 1.807) is 12.1 Å². The van der Waals surface area contributed by atoms with Gasteiger partial charge < -0.3 is 21.1 Å². The maximum absolute atomic E-state index is 13.1. The average Bonchev–Trinajstić information content (AvgIpc) is 3.59. The summed E-state index contributed by atoms with van der Waals surface area (Å²) in [5.41, 5.74) is 1.63. The molecule has 0 atom stereocenters. The van der Waals surface area contributed by atoms with Crippen molar-refractivity contribution < 1.29 is 14.7 Å². The fraction of sp³-hybridized carbons (Fsp3) is 0.423. The minimum absolute atomic E-state index is 0.0650. The number of nitrogens with one attached hydrogen (secondary N) is 3. The molecule has 2 aliphatic rings. The molecule has 0 radical (unpaired) electrons. The van der Waals surface area contributed by atoms with Crippen molar-refractivity contribution in [2.75, 3.05) is 22.5 Å². The van der Waals surface area contributed by atoms with Crippen LogP contribution in [0.15, 0.2) is 30.6 Å². The van der Waals surface area contributed by atoms with Gasteiger partial charge in [-0.05, 0) is 57.6 Å². The molecule has 0 aliphatic heterocycles. The normalized spacial score (nSPS) is 20.9. The monoisotopic (exact) mass is 536 g/mol. The first-order valence-corrected chi connectivity index (χ1v) is 12.9. The first-order valence-electron chi connectivity index (χ1n) is 12.5. The number of pyridine rings is 1. The van der Waals surface area contributed by atoms with Crippen molar-refractivity contribution in [1.82, 2.24) is 24.5 Å². The molecule has 0 spiro atoms. The second-order valence-electron chi connectivity index (χ2n) is 10.1. The number of hydrogen-bond donors (Lipinski definition) is 4. The molecular formula is C26H29ClN8O3. The Bertz CT molecular complexity index is 1410. The van der Waals surface area contributed by atoms with Gasteiger partial charge in [0.25, 0.3) is 5.91 Å². The quantitative estimate of drug-likeness (QED) is 0.246. The zero-order valence-electron chi connectivity index (χ0n) is 20.9. The van der Waals surface area contributed by atoms with Crippen LogP contribution in [0.2, 0.25) is 5.15 Å². The molecule has 4 N–H and O–H groups in total. The number of imidazole rings is 1. The van der Waals surface area contributed by atoms with Crippen LogP contribution in [-0.4, -0.2) is 65.8 Å². The predicted octanol–water partition coefficient (Wildman–Crippen LogP) is 4.33. The van der Waals surface area contributed by atoms with Crippen LogP contribution in [0.5, 0.6) is 0 Å². The zero-order valence-corrected chi connectivity index (χ0v) is 21.7. The molecule has 2 amide bonds. The number of hydrogen-bond acceptors (Lipinski definition) is 7. The number of anilines is 3. The Balaban J connectivity index is 1.37. The fourth-order valence-electron chi connectivity index (χ4n) is 4.87. The van der Waals surface area contributed by atoms with E-state index in [0.717, 1.165) is 31.4 Å². The lowest BCUT2D eigenvalue weighted by Crippen LogP contribution is -2.52. The Kier molecular flexibility index (Phi) is 6.99. The van der Waals surface area contributed by atoms with Gasteiger partial charge in [0.05, 0.1) is 18.4 Å². The van der Waals surface area contributed by atoms with Crippen molar-refractivity contribution in [3.8, 4) is 12.3 Å². The van der Waals surface area contributed by atoms with E-state index < -0.39 is 11.6 Å². The highest BCUT2D eigenvalue weighted by atomic mass is 35.5. The fourth-order valence-corrected chi connectivity index (χ4v) is 5.04. The first-order chi connectivity index (χ1) is 18.3. The van der Waals surface area contributed by atoms with Crippen LogP contribution < -0.4 is 16.0 Å².